The first kappa shape index (κ1) is 13.1. The van der Waals surface area contributed by atoms with Crippen LogP contribution in [0.1, 0.15) is 49.3 Å². The van der Waals surface area contributed by atoms with Gasteiger partial charge in [0.1, 0.15) is 0 Å². The molecule has 1 aliphatic carbocycles. The van der Waals surface area contributed by atoms with E-state index < -0.39 is 0 Å². The number of rotatable bonds is 1. The van der Waals surface area contributed by atoms with Gasteiger partial charge in [0.05, 0.1) is 18.2 Å². The molecule has 1 saturated carbocycles. The number of fused-ring (bicyclic) bond motifs is 1. The van der Waals surface area contributed by atoms with Crippen molar-refractivity contribution in [2.75, 3.05) is 6.54 Å². The van der Waals surface area contributed by atoms with Gasteiger partial charge in [-0.15, -0.1) is 0 Å². The lowest BCUT2D eigenvalue weighted by atomic mass is 9.67. The highest BCUT2D eigenvalue weighted by molar-refractivity contribution is 6.07. The maximum Gasteiger partial charge on any atom is 0.0991 e. The Morgan fingerprint density at radius 3 is 2.85 bits per heavy atom. The monoisotopic (exact) mass is 264 g/mol. The highest BCUT2D eigenvalue weighted by Crippen LogP contribution is 2.46. The van der Waals surface area contributed by atoms with Crippen LogP contribution < -0.4 is 0 Å². The molecule has 1 aromatic carbocycles. The molecule has 0 saturated heterocycles. The smallest absolute Gasteiger partial charge is 0.0991 e. The molecule has 0 spiro atoms. The standard InChI is InChI=1S/C18H20N2/c1-12-10-13(11-19)4-5-14(12)15-6-8-18(2,3)17-16(15)7-9-20-17/h4-5,7,10,15H,6,8-9H2,1-3H3. The number of hydrogen-bond acceptors (Lipinski definition) is 2. The molecule has 1 aromatic rings. The van der Waals surface area contributed by atoms with Crippen LogP contribution in [0.2, 0.25) is 0 Å². The molecule has 0 radical (unpaired) electrons. The van der Waals surface area contributed by atoms with Gasteiger partial charge < -0.3 is 0 Å². The molecule has 102 valence electrons. The molecule has 1 unspecified atom stereocenters. The number of benzene rings is 1. The molecule has 1 aliphatic heterocycles. The van der Waals surface area contributed by atoms with Gasteiger partial charge in [-0.2, -0.15) is 5.26 Å². The van der Waals surface area contributed by atoms with Gasteiger partial charge in [-0.05, 0) is 48.6 Å². The minimum Gasteiger partial charge on any atom is -0.285 e. The van der Waals surface area contributed by atoms with Crippen LogP contribution in [0.25, 0.3) is 0 Å². The molecule has 1 heterocycles. The van der Waals surface area contributed by atoms with Gasteiger partial charge in [0.25, 0.3) is 0 Å². The largest absolute Gasteiger partial charge is 0.285 e. The van der Waals surface area contributed by atoms with Crippen molar-refractivity contribution in [3.8, 4) is 6.07 Å². The van der Waals surface area contributed by atoms with E-state index in [4.69, 9.17) is 10.3 Å². The lowest BCUT2D eigenvalue weighted by molar-refractivity contribution is 0.417. The van der Waals surface area contributed by atoms with E-state index in [2.05, 4.69) is 39.0 Å². The topological polar surface area (TPSA) is 36.1 Å². The SMILES string of the molecule is Cc1cc(C#N)ccc1C1CCC(C)(C)C2=NCC=C21. The highest BCUT2D eigenvalue weighted by atomic mass is 14.8. The van der Waals surface area contributed by atoms with Gasteiger partial charge in [0, 0.05) is 17.0 Å². The van der Waals surface area contributed by atoms with Crippen molar-refractivity contribution < 1.29 is 0 Å². The lowest BCUT2D eigenvalue weighted by Crippen LogP contribution is -2.32. The van der Waals surface area contributed by atoms with Gasteiger partial charge in [-0.3, -0.25) is 4.99 Å². The first-order chi connectivity index (χ1) is 9.53. The normalized spacial score (nSPS) is 23.6. The van der Waals surface area contributed by atoms with Gasteiger partial charge in [0.2, 0.25) is 0 Å². The van der Waals surface area contributed by atoms with Crippen molar-refractivity contribution in [2.24, 2.45) is 10.4 Å². The fraction of sp³-hybridized carbons (Fsp3) is 0.444. The van der Waals surface area contributed by atoms with Crippen LogP contribution in [-0.2, 0) is 0 Å². The zero-order valence-corrected chi connectivity index (χ0v) is 12.4. The zero-order valence-electron chi connectivity index (χ0n) is 12.4. The average molecular weight is 264 g/mol. The van der Waals surface area contributed by atoms with E-state index in [0.717, 1.165) is 12.1 Å². The molecule has 20 heavy (non-hydrogen) atoms. The Bertz CT molecular complexity index is 656. The van der Waals surface area contributed by atoms with Gasteiger partial charge >= 0.3 is 0 Å². The van der Waals surface area contributed by atoms with E-state index >= 15 is 0 Å². The summed E-state index contributed by atoms with van der Waals surface area (Å²) in [6, 6.07) is 8.29. The fourth-order valence-electron chi connectivity index (χ4n) is 3.57. The highest BCUT2D eigenvalue weighted by Gasteiger charge is 2.39. The summed E-state index contributed by atoms with van der Waals surface area (Å²) in [5.41, 5.74) is 6.27. The van der Waals surface area contributed by atoms with Crippen LogP contribution in [0.5, 0.6) is 0 Å². The van der Waals surface area contributed by atoms with Crippen molar-refractivity contribution in [3.05, 3.63) is 46.5 Å². The van der Waals surface area contributed by atoms with Gasteiger partial charge in [0.15, 0.2) is 0 Å². The van der Waals surface area contributed by atoms with Crippen LogP contribution >= 0.6 is 0 Å². The Labute approximate surface area is 120 Å². The van der Waals surface area contributed by atoms with E-state index in [1.807, 2.05) is 12.1 Å². The van der Waals surface area contributed by atoms with E-state index in [0.29, 0.717) is 5.92 Å². The van der Waals surface area contributed by atoms with Crippen LogP contribution in [0, 0.1) is 23.7 Å². The molecule has 0 aromatic heterocycles. The second-order valence-electron chi connectivity index (χ2n) is 6.51. The van der Waals surface area contributed by atoms with E-state index in [1.54, 1.807) is 0 Å². The first-order valence-electron chi connectivity index (χ1n) is 7.29. The summed E-state index contributed by atoms with van der Waals surface area (Å²) >= 11 is 0. The third-order valence-corrected chi connectivity index (χ3v) is 4.68. The van der Waals surface area contributed by atoms with Crippen LogP contribution in [0.4, 0.5) is 0 Å². The summed E-state index contributed by atoms with van der Waals surface area (Å²) in [6.45, 7) is 7.54. The molecular formula is C18H20N2. The molecule has 1 fully saturated rings. The van der Waals surface area contributed by atoms with Gasteiger partial charge in [-0.1, -0.05) is 26.0 Å². The summed E-state index contributed by atoms with van der Waals surface area (Å²) < 4.78 is 0. The Balaban J connectivity index is 2.01. The zero-order chi connectivity index (χ0) is 14.3. The third kappa shape index (κ3) is 1.98. The molecule has 3 rings (SSSR count). The van der Waals surface area contributed by atoms with E-state index in [-0.39, 0.29) is 5.41 Å². The fourth-order valence-corrected chi connectivity index (χ4v) is 3.57. The minimum atomic E-state index is 0.208. The second kappa shape index (κ2) is 4.59. The van der Waals surface area contributed by atoms with Crippen LogP contribution in [0.3, 0.4) is 0 Å². The number of aliphatic imine (C=N–C) groups is 1. The Morgan fingerprint density at radius 1 is 1.35 bits per heavy atom. The van der Waals surface area contributed by atoms with E-state index in [9.17, 15) is 0 Å². The maximum atomic E-state index is 9.00. The summed E-state index contributed by atoms with van der Waals surface area (Å²) in [5.74, 6) is 0.456. The van der Waals surface area contributed by atoms with Crippen molar-refractivity contribution in [1.29, 1.82) is 5.26 Å². The Morgan fingerprint density at radius 2 is 2.15 bits per heavy atom. The molecule has 0 bridgehead atoms. The summed E-state index contributed by atoms with van der Waals surface area (Å²) in [7, 11) is 0. The molecule has 1 atom stereocenters. The van der Waals surface area contributed by atoms with Crippen molar-refractivity contribution in [2.45, 2.75) is 39.5 Å². The predicted molar refractivity (Wildman–Crippen MR) is 82.0 cm³/mol. The molecule has 0 N–H and O–H groups in total. The van der Waals surface area contributed by atoms with Crippen molar-refractivity contribution >= 4 is 5.71 Å². The first-order valence-corrected chi connectivity index (χ1v) is 7.29. The Kier molecular flexibility index (Phi) is 3.01. The number of nitrogens with zero attached hydrogens (tertiary/aromatic N) is 2. The third-order valence-electron chi connectivity index (χ3n) is 4.68. The van der Waals surface area contributed by atoms with Gasteiger partial charge in [-0.25, -0.2) is 0 Å². The molecule has 2 heteroatoms. The van der Waals surface area contributed by atoms with Crippen molar-refractivity contribution in [1.82, 2.24) is 0 Å². The quantitative estimate of drug-likeness (QED) is 0.750. The molecule has 0 amide bonds. The summed E-state index contributed by atoms with van der Waals surface area (Å²) in [4.78, 5) is 4.72. The summed E-state index contributed by atoms with van der Waals surface area (Å²) in [5, 5.41) is 9.00. The summed E-state index contributed by atoms with van der Waals surface area (Å²) in [6.07, 6.45) is 4.64. The lowest BCUT2D eigenvalue weighted by Gasteiger charge is -2.37. The second-order valence-corrected chi connectivity index (χ2v) is 6.51. The minimum absolute atomic E-state index is 0.208. The average Bonchev–Trinajstić information content (AvgIpc) is 2.90. The molecular weight excluding hydrogens is 244 g/mol. The Hall–Kier alpha value is -1.88. The predicted octanol–water partition coefficient (Wildman–Crippen LogP) is 4.15. The van der Waals surface area contributed by atoms with Crippen molar-refractivity contribution in [3.63, 3.8) is 0 Å². The number of nitriles is 1. The number of allylic oxidation sites excluding steroid dienone is 1. The van der Waals surface area contributed by atoms with Crippen LogP contribution in [0.15, 0.2) is 34.8 Å². The number of hydrogen-bond donors (Lipinski definition) is 0. The maximum absolute atomic E-state index is 9.00. The molecule has 2 nitrogen and oxygen atoms in total. The number of aryl methyl sites for hydroxylation is 1. The van der Waals surface area contributed by atoms with E-state index in [1.165, 1.54) is 35.3 Å². The van der Waals surface area contributed by atoms with Crippen LogP contribution in [-0.4, -0.2) is 12.3 Å². The molecule has 2 aliphatic rings.